The first-order chi connectivity index (χ1) is 12.1. The van der Waals surface area contributed by atoms with E-state index in [-0.39, 0.29) is 11.5 Å². The first-order valence-corrected chi connectivity index (χ1v) is 8.27. The Kier molecular flexibility index (Phi) is 5.05. The minimum Gasteiger partial charge on any atom is -0.508 e. The molecule has 25 heavy (non-hydrogen) atoms. The number of phenols is 1. The Morgan fingerprint density at radius 2 is 2.12 bits per heavy atom. The van der Waals surface area contributed by atoms with E-state index in [0.29, 0.717) is 29.2 Å². The number of carbonyl (C=O) groups is 1. The lowest BCUT2D eigenvalue weighted by Gasteiger charge is -2.27. The highest BCUT2D eigenvalue weighted by Crippen LogP contribution is 2.32. The molecule has 130 valence electrons. The molecule has 5 nitrogen and oxygen atoms in total. The van der Waals surface area contributed by atoms with Crippen molar-refractivity contribution in [3.05, 3.63) is 65.4 Å². The van der Waals surface area contributed by atoms with Crippen LogP contribution in [0.25, 0.3) is 0 Å². The number of aromatic hydroxyl groups is 1. The minimum absolute atomic E-state index is 0.126. The van der Waals surface area contributed by atoms with E-state index in [2.05, 4.69) is 5.32 Å². The first kappa shape index (κ1) is 17.0. The van der Waals surface area contributed by atoms with Crippen molar-refractivity contribution in [2.75, 3.05) is 11.9 Å². The Balaban J connectivity index is 1.92. The summed E-state index contributed by atoms with van der Waals surface area (Å²) in [6.45, 7) is 4.42. The quantitative estimate of drug-likeness (QED) is 0.805. The summed E-state index contributed by atoms with van der Waals surface area (Å²) >= 11 is 0. The molecule has 0 aromatic heterocycles. The summed E-state index contributed by atoms with van der Waals surface area (Å²) in [4.78, 5) is 12.9. The molecule has 1 unspecified atom stereocenters. The minimum atomic E-state index is -0.757. The van der Waals surface area contributed by atoms with Crippen molar-refractivity contribution in [3.8, 4) is 11.5 Å². The van der Waals surface area contributed by atoms with E-state index in [1.165, 1.54) is 0 Å². The fourth-order valence-electron chi connectivity index (χ4n) is 2.60. The van der Waals surface area contributed by atoms with Crippen LogP contribution in [0.2, 0.25) is 0 Å². The van der Waals surface area contributed by atoms with Crippen LogP contribution >= 0.6 is 0 Å². The van der Waals surface area contributed by atoms with Crippen LogP contribution in [-0.2, 0) is 4.74 Å². The number of anilines is 1. The molecule has 0 bridgehead atoms. The first-order valence-electron chi connectivity index (χ1n) is 8.27. The highest BCUT2D eigenvalue weighted by atomic mass is 16.7. The molecule has 1 heterocycles. The molecule has 1 aliphatic rings. The number of ether oxygens (including phenoxy) is 2. The average molecular weight is 339 g/mol. The number of fused-ring (bicyclic) bond motifs is 1. The van der Waals surface area contributed by atoms with Crippen LogP contribution in [0.1, 0.15) is 29.3 Å². The molecule has 0 saturated carbocycles. The monoisotopic (exact) mass is 339 g/mol. The average Bonchev–Trinajstić information content (AvgIpc) is 2.60. The number of benzene rings is 2. The van der Waals surface area contributed by atoms with E-state index in [1.54, 1.807) is 36.5 Å². The van der Waals surface area contributed by atoms with Gasteiger partial charge in [0.1, 0.15) is 11.5 Å². The molecule has 0 saturated heterocycles. The smallest absolute Gasteiger partial charge is 0.232 e. The van der Waals surface area contributed by atoms with Gasteiger partial charge in [-0.3, -0.25) is 4.79 Å². The number of hydrogen-bond donors (Lipinski definition) is 2. The molecule has 2 N–H and O–H groups in total. The van der Waals surface area contributed by atoms with Crippen LogP contribution in [-0.4, -0.2) is 23.8 Å². The van der Waals surface area contributed by atoms with Gasteiger partial charge in [0.05, 0.1) is 17.7 Å². The van der Waals surface area contributed by atoms with E-state index < -0.39 is 6.29 Å². The number of nitrogens with one attached hydrogen (secondary N) is 1. The van der Waals surface area contributed by atoms with E-state index >= 15 is 0 Å². The van der Waals surface area contributed by atoms with Gasteiger partial charge in [0.15, 0.2) is 5.78 Å². The van der Waals surface area contributed by atoms with Crippen molar-refractivity contribution in [3.63, 3.8) is 0 Å². The Hall–Kier alpha value is -2.79. The molecule has 3 rings (SSSR count). The number of aryl methyl sites for hydroxylation is 1. The van der Waals surface area contributed by atoms with Crippen LogP contribution in [0.5, 0.6) is 11.5 Å². The van der Waals surface area contributed by atoms with Gasteiger partial charge in [-0.2, -0.15) is 0 Å². The molecule has 0 radical (unpaired) electrons. The zero-order valence-corrected chi connectivity index (χ0v) is 14.3. The van der Waals surface area contributed by atoms with Crippen LogP contribution in [0.15, 0.2) is 54.2 Å². The highest BCUT2D eigenvalue weighted by molar-refractivity contribution is 6.12. The van der Waals surface area contributed by atoms with Crippen molar-refractivity contribution < 1.29 is 19.4 Å². The molecule has 0 fully saturated rings. The number of hydrogen-bond acceptors (Lipinski definition) is 5. The van der Waals surface area contributed by atoms with E-state index in [1.807, 2.05) is 26.0 Å². The molecular weight excluding hydrogens is 318 g/mol. The molecular formula is C20H21NO4. The lowest BCUT2D eigenvalue weighted by molar-refractivity contribution is -0.0559. The topological polar surface area (TPSA) is 67.8 Å². The van der Waals surface area contributed by atoms with E-state index in [9.17, 15) is 9.90 Å². The molecule has 2 aromatic rings. The summed E-state index contributed by atoms with van der Waals surface area (Å²) in [6, 6.07) is 12.2. The second kappa shape index (κ2) is 7.40. The third kappa shape index (κ3) is 3.83. The normalized spacial score (nSPS) is 17.9. The van der Waals surface area contributed by atoms with Gasteiger partial charge in [-0.1, -0.05) is 24.6 Å². The van der Waals surface area contributed by atoms with Crippen LogP contribution in [0.4, 0.5) is 5.69 Å². The summed E-state index contributed by atoms with van der Waals surface area (Å²) in [6.07, 6.45) is 1.65. The van der Waals surface area contributed by atoms with Crippen LogP contribution in [0, 0.1) is 6.92 Å². The zero-order chi connectivity index (χ0) is 17.8. The maximum atomic E-state index is 12.9. The summed E-state index contributed by atoms with van der Waals surface area (Å²) in [7, 11) is 0. The molecule has 2 aromatic carbocycles. The lowest BCUT2D eigenvalue weighted by Crippen LogP contribution is -2.33. The molecule has 1 aliphatic heterocycles. The van der Waals surface area contributed by atoms with Crippen molar-refractivity contribution in [2.24, 2.45) is 0 Å². The van der Waals surface area contributed by atoms with Crippen molar-refractivity contribution in [1.82, 2.24) is 0 Å². The SMILES string of the molecule is CCCOC1Oc2ccc(C)cc2C(=O)C1=CNc1cccc(O)c1. The molecule has 0 aliphatic carbocycles. The predicted molar refractivity (Wildman–Crippen MR) is 96.0 cm³/mol. The van der Waals surface area contributed by atoms with Gasteiger partial charge in [-0.15, -0.1) is 0 Å². The highest BCUT2D eigenvalue weighted by Gasteiger charge is 2.32. The second-order valence-corrected chi connectivity index (χ2v) is 5.94. The summed E-state index contributed by atoms with van der Waals surface area (Å²) in [5.41, 5.74) is 2.59. The van der Waals surface area contributed by atoms with E-state index in [0.717, 1.165) is 12.0 Å². The van der Waals surface area contributed by atoms with Gasteiger partial charge in [0.2, 0.25) is 6.29 Å². The fourth-order valence-corrected chi connectivity index (χ4v) is 2.60. The summed E-state index contributed by atoms with van der Waals surface area (Å²) in [5.74, 6) is 0.555. The Morgan fingerprint density at radius 3 is 2.88 bits per heavy atom. The van der Waals surface area contributed by atoms with Crippen LogP contribution in [0.3, 0.4) is 0 Å². The number of rotatable bonds is 5. The maximum Gasteiger partial charge on any atom is 0.232 e. The summed E-state index contributed by atoms with van der Waals surface area (Å²) in [5, 5.41) is 12.6. The van der Waals surface area contributed by atoms with Crippen LogP contribution < -0.4 is 10.1 Å². The van der Waals surface area contributed by atoms with Gasteiger partial charge < -0.3 is 19.9 Å². The molecule has 1 atom stereocenters. The van der Waals surface area contributed by atoms with Crippen molar-refractivity contribution >= 4 is 11.5 Å². The van der Waals surface area contributed by atoms with E-state index in [4.69, 9.17) is 9.47 Å². The largest absolute Gasteiger partial charge is 0.508 e. The molecule has 0 spiro atoms. The zero-order valence-electron chi connectivity index (χ0n) is 14.3. The Labute approximate surface area is 146 Å². The number of carbonyl (C=O) groups excluding carboxylic acids is 1. The Morgan fingerprint density at radius 1 is 1.28 bits per heavy atom. The predicted octanol–water partition coefficient (Wildman–Crippen LogP) is 4.02. The lowest BCUT2D eigenvalue weighted by atomic mass is 9.98. The van der Waals surface area contributed by atoms with Gasteiger partial charge in [0.25, 0.3) is 0 Å². The Bertz CT molecular complexity index is 813. The maximum absolute atomic E-state index is 12.9. The number of ketones is 1. The van der Waals surface area contributed by atoms with Crippen molar-refractivity contribution in [2.45, 2.75) is 26.6 Å². The second-order valence-electron chi connectivity index (χ2n) is 5.94. The van der Waals surface area contributed by atoms with Gasteiger partial charge in [-0.25, -0.2) is 0 Å². The molecule has 5 heteroatoms. The number of Topliss-reactive ketones (excluding diaryl/α,β-unsaturated/α-hetero) is 1. The van der Waals surface area contributed by atoms with Crippen molar-refractivity contribution in [1.29, 1.82) is 0 Å². The summed E-state index contributed by atoms with van der Waals surface area (Å²) < 4.78 is 11.6. The van der Waals surface area contributed by atoms with Gasteiger partial charge in [-0.05, 0) is 37.6 Å². The molecule has 0 amide bonds. The third-order valence-corrected chi connectivity index (χ3v) is 3.84. The number of phenolic OH excluding ortho intramolecular Hbond substituents is 1. The standard InChI is InChI=1S/C20H21NO4/c1-3-9-24-20-17(12-21-14-5-4-6-15(22)11-14)19(23)16-10-13(2)7-8-18(16)25-20/h4-8,10-12,20-22H,3,9H2,1-2H3. The van der Waals surface area contributed by atoms with Gasteiger partial charge in [0, 0.05) is 18.0 Å². The fraction of sp³-hybridized carbons (Fsp3) is 0.250. The van der Waals surface area contributed by atoms with Gasteiger partial charge >= 0.3 is 0 Å². The third-order valence-electron chi connectivity index (χ3n) is 3.84.